The molecule has 1 aromatic rings. The van der Waals surface area contributed by atoms with Crippen LogP contribution in [0.5, 0.6) is 5.75 Å². The molecule has 0 radical (unpaired) electrons. The lowest BCUT2D eigenvalue weighted by Gasteiger charge is -2.10. The fourth-order valence-corrected chi connectivity index (χ4v) is 1.43. The summed E-state index contributed by atoms with van der Waals surface area (Å²) >= 11 is 5.83. The SMILES string of the molecule is COc1ccc(Cl)cc1NC(=O)CCCN.Cl. The van der Waals surface area contributed by atoms with Crippen LogP contribution in [0, 0.1) is 0 Å². The van der Waals surface area contributed by atoms with Crippen molar-refractivity contribution < 1.29 is 9.53 Å². The van der Waals surface area contributed by atoms with Crippen LogP contribution in [0.25, 0.3) is 0 Å². The predicted octanol–water partition coefficient (Wildman–Crippen LogP) is 2.45. The summed E-state index contributed by atoms with van der Waals surface area (Å²) in [5, 5.41) is 3.28. The first-order chi connectivity index (χ1) is 7.67. The second-order valence-electron chi connectivity index (χ2n) is 3.29. The van der Waals surface area contributed by atoms with Crippen LogP contribution >= 0.6 is 24.0 Å². The van der Waals surface area contributed by atoms with Crippen molar-refractivity contribution in [3.63, 3.8) is 0 Å². The van der Waals surface area contributed by atoms with Gasteiger partial charge >= 0.3 is 0 Å². The minimum atomic E-state index is -0.0917. The maximum absolute atomic E-state index is 11.5. The molecular weight excluding hydrogens is 263 g/mol. The lowest BCUT2D eigenvalue weighted by atomic mass is 10.2. The van der Waals surface area contributed by atoms with Gasteiger partial charge in [-0.1, -0.05) is 11.6 Å². The lowest BCUT2D eigenvalue weighted by molar-refractivity contribution is -0.116. The summed E-state index contributed by atoms with van der Waals surface area (Å²) in [4.78, 5) is 11.5. The van der Waals surface area contributed by atoms with Crippen molar-refractivity contribution in [2.24, 2.45) is 5.73 Å². The highest BCUT2D eigenvalue weighted by atomic mass is 35.5. The van der Waals surface area contributed by atoms with Gasteiger partial charge in [-0.25, -0.2) is 0 Å². The number of nitrogens with one attached hydrogen (secondary N) is 1. The van der Waals surface area contributed by atoms with Gasteiger partial charge in [0.25, 0.3) is 0 Å². The highest BCUT2D eigenvalue weighted by Crippen LogP contribution is 2.27. The van der Waals surface area contributed by atoms with Crippen LogP contribution < -0.4 is 15.8 Å². The first-order valence-corrected chi connectivity index (χ1v) is 5.38. The molecule has 0 saturated carbocycles. The fraction of sp³-hybridized carbons (Fsp3) is 0.364. The summed E-state index contributed by atoms with van der Waals surface area (Å²) in [5.41, 5.74) is 5.91. The van der Waals surface area contributed by atoms with Gasteiger partial charge in [-0.15, -0.1) is 12.4 Å². The summed E-state index contributed by atoms with van der Waals surface area (Å²) < 4.78 is 5.11. The van der Waals surface area contributed by atoms with Crippen LogP contribution in [0.1, 0.15) is 12.8 Å². The minimum Gasteiger partial charge on any atom is -0.495 e. The Morgan fingerprint density at radius 3 is 2.82 bits per heavy atom. The molecule has 6 heteroatoms. The summed E-state index contributed by atoms with van der Waals surface area (Å²) in [6, 6.07) is 5.07. The number of benzene rings is 1. The molecule has 0 unspecified atom stereocenters. The van der Waals surface area contributed by atoms with E-state index < -0.39 is 0 Å². The van der Waals surface area contributed by atoms with E-state index in [4.69, 9.17) is 22.1 Å². The smallest absolute Gasteiger partial charge is 0.224 e. The molecule has 0 aliphatic rings. The molecule has 3 N–H and O–H groups in total. The molecular formula is C11H16Cl2N2O2. The number of carbonyl (C=O) groups is 1. The predicted molar refractivity (Wildman–Crippen MR) is 72.2 cm³/mol. The molecule has 1 rings (SSSR count). The zero-order valence-corrected chi connectivity index (χ0v) is 11.1. The maximum Gasteiger partial charge on any atom is 0.224 e. The number of carbonyl (C=O) groups excluding carboxylic acids is 1. The number of halogens is 2. The summed E-state index contributed by atoms with van der Waals surface area (Å²) in [6.45, 7) is 0.500. The maximum atomic E-state index is 11.5. The molecule has 0 bridgehead atoms. The van der Waals surface area contributed by atoms with Gasteiger partial charge in [0.1, 0.15) is 5.75 Å². The van der Waals surface area contributed by atoms with E-state index in [0.717, 1.165) is 0 Å². The molecule has 1 aromatic carbocycles. The second-order valence-corrected chi connectivity index (χ2v) is 3.72. The molecule has 1 amide bonds. The van der Waals surface area contributed by atoms with E-state index >= 15 is 0 Å². The van der Waals surface area contributed by atoms with E-state index in [2.05, 4.69) is 5.32 Å². The Balaban J connectivity index is 0.00000256. The van der Waals surface area contributed by atoms with Crippen molar-refractivity contribution in [1.82, 2.24) is 0 Å². The Hall–Kier alpha value is -0.970. The number of hydrogen-bond acceptors (Lipinski definition) is 3. The third-order valence-electron chi connectivity index (χ3n) is 2.04. The first kappa shape index (κ1) is 16.0. The van der Waals surface area contributed by atoms with Crippen LogP contribution in [0.4, 0.5) is 5.69 Å². The number of anilines is 1. The molecule has 0 aliphatic carbocycles. The third-order valence-corrected chi connectivity index (χ3v) is 2.28. The number of nitrogens with two attached hydrogens (primary N) is 1. The molecule has 0 aliphatic heterocycles. The topological polar surface area (TPSA) is 64.3 Å². The van der Waals surface area contributed by atoms with Crippen molar-refractivity contribution in [2.75, 3.05) is 19.0 Å². The highest BCUT2D eigenvalue weighted by Gasteiger charge is 2.07. The third kappa shape index (κ3) is 5.26. The van der Waals surface area contributed by atoms with E-state index in [-0.39, 0.29) is 18.3 Å². The zero-order valence-electron chi connectivity index (χ0n) is 9.53. The quantitative estimate of drug-likeness (QED) is 0.870. The molecule has 0 spiro atoms. The van der Waals surface area contributed by atoms with Crippen LogP contribution in [0.2, 0.25) is 5.02 Å². The normalized spacial score (nSPS) is 9.35. The average molecular weight is 279 g/mol. The molecule has 0 heterocycles. The van der Waals surface area contributed by atoms with Gasteiger partial charge in [0, 0.05) is 11.4 Å². The number of rotatable bonds is 5. The Morgan fingerprint density at radius 1 is 1.53 bits per heavy atom. The largest absolute Gasteiger partial charge is 0.495 e. The Labute approximate surface area is 112 Å². The summed E-state index contributed by atoms with van der Waals surface area (Å²) in [5.74, 6) is 0.497. The summed E-state index contributed by atoms with van der Waals surface area (Å²) in [7, 11) is 1.54. The van der Waals surface area contributed by atoms with E-state index in [9.17, 15) is 4.79 Å². The van der Waals surface area contributed by atoms with Gasteiger partial charge < -0.3 is 15.8 Å². The standard InChI is InChI=1S/C11H15ClN2O2.ClH/c1-16-10-5-4-8(12)7-9(10)14-11(15)3-2-6-13;/h4-5,7H,2-3,6,13H2,1H3,(H,14,15);1H. The Kier molecular flexibility index (Phi) is 7.70. The molecule has 0 saturated heterocycles. The molecule has 0 atom stereocenters. The van der Waals surface area contributed by atoms with Crippen molar-refractivity contribution in [2.45, 2.75) is 12.8 Å². The van der Waals surface area contributed by atoms with Crippen LogP contribution in [0.3, 0.4) is 0 Å². The van der Waals surface area contributed by atoms with Gasteiger partial charge in [0.15, 0.2) is 0 Å². The Bertz CT molecular complexity index is 372. The molecule has 0 fully saturated rings. The van der Waals surface area contributed by atoms with Gasteiger partial charge in [-0.2, -0.15) is 0 Å². The van der Waals surface area contributed by atoms with Crippen molar-refractivity contribution in [3.8, 4) is 5.75 Å². The van der Waals surface area contributed by atoms with Gasteiger partial charge in [-0.05, 0) is 31.2 Å². The van der Waals surface area contributed by atoms with Gasteiger partial charge in [0.05, 0.1) is 12.8 Å². The minimum absolute atomic E-state index is 0. The number of hydrogen-bond donors (Lipinski definition) is 2. The highest BCUT2D eigenvalue weighted by molar-refractivity contribution is 6.31. The molecule has 96 valence electrons. The fourth-order valence-electron chi connectivity index (χ4n) is 1.25. The van der Waals surface area contributed by atoms with Crippen LogP contribution in [0.15, 0.2) is 18.2 Å². The van der Waals surface area contributed by atoms with Crippen molar-refractivity contribution in [3.05, 3.63) is 23.2 Å². The Morgan fingerprint density at radius 2 is 2.24 bits per heavy atom. The van der Waals surface area contributed by atoms with Crippen LogP contribution in [-0.2, 0) is 4.79 Å². The number of amides is 1. The van der Waals surface area contributed by atoms with E-state index in [1.165, 1.54) is 0 Å². The first-order valence-electron chi connectivity index (χ1n) is 5.01. The molecule has 17 heavy (non-hydrogen) atoms. The van der Waals surface area contributed by atoms with Crippen molar-refractivity contribution in [1.29, 1.82) is 0 Å². The van der Waals surface area contributed by atoms with E-state index in [1.54, 1.807) is 25.3 Å². The lowest BCUT2D eigenvalue weighted by Crippen LogP contribution is -2.14. The van der Waals surface area contributed by atoms with Crippen molar-refractivity contribution >= 4 is 35.6 Å². The van der Waals surface area contributed by atoms with Gasteiger partial charge in [-0.3, -0.25) is 4.79 Å². The average Bonchev–Trinajstić information content (AvgIpc) is 2.27. The number of ether oxygens (including phenoxy) is 1. The van der Waals surface area contributed by atoms with E-state index in [1.807, 2.05) is 0 Å². The van der Waals surface area contributed by atoms with Crippen LogP contribution in [-0.4, -0.2) is 19.6 Å². The second kappa shape index (κ2) is 8.17. The monoisotopic (exact) mass is 278 g/mol. The summed E-state index contributed by atoms with van der Waals surface area (Å²) in [6.07, 6.45) is 1.06. The number of methoxy groups -OCH3 is 1. The zero-order chi connectivity index (χ0) is 12.0. The molecule has 4 nitrogen and oxygen atoms in total. The van der Waals surface area contributed by atoms with E-state index in [0.29, 0.717) is 35.8 Å². The molecule has 0 aromatic heterocycles. The van der Waals surface area contributed by atoms with Gasteiger partial charge in [0.2, 0.25) is 5.91 Å².